The van der Waals surface area contributed by atoms with Gasteiger partial charge in [-0.3, -0.25) is 9.59 Å². The summed E-state index contributed by atoms with van der Waals surface area (Å²) < 4.78 is 4.99. The minimum absolute atomic E-state index is 0.0389. The van der Waals surface area contributed by atoms with E-state index in [2.05, 4.69) is 34.6 Å². The number of hydrogen-bond donors (Lipinski definition) is 1. The van der Waals surface area contributed by atoms with Gasteiger partial charge in [0.2, 0.25) is 11.7 Å². The monoisotopic (exact) mass is 532 g/mol. The number of aromatic nitrogens is 1. The van der Waals surface area contributed by atoms with Gasteiger partial charge in [0.1, 0.15) is 10.3 Å². The van der Waals surface area contributed by atoms with Crippen LogP contribution in [0.2, 0.25) is 0 Å². The van der Waals surface area contributed by atoms with E-state index in [4.69, 9.17) is 4.42 Å². The van der Waals surface area contributed by atoms with E-state index in [1.165, 1.54) is 5.56 Å². The zero-order valence-corrected chi connectivity index (χ0v) is 22.8. The van der Waals surface area contributed by atoms with Crippen molar-refractivity contribution in [2.24, 2.45) is 0 Å². The molecule has 0 spiro atoms. The Hall–Kier alpha value is -3.03. The summed E-state index contributed by atoms with van der Waals surface area (Å²) in [7, 11) is 0. The third-order valence-corrected chi connectivity index (χ3v) is 9.02. The molecule has 0 aliphatic carbocycles. The molecule has 1 aromatic heterocycles. The second-order valence-electron chi connectivity index (χ2n) is 9.15. The second kappa shape index (κ2) is 13.0. The number of benzene rings is 3. The maximum absolute atomic E-state index is 13.8. The van der Waals surface area contributed by atoms with Crippen LogP contribution >= 0.6 is 23.5 Å². The van der Waals surface area contributed by atoms with Gasteiger partial charge in [-0.1, -0.05) is 86.1 Å². The van der Waals surface area contributed by atoms with Gasteiger partial charge < -0.3 is 9.73 Å². The van der Waals surface area contributed by atoms with Crippen molar-refractivity contribution in [3.8, 4) is 0 Å². The SMILES string of the molecule is CCC[C@H](NC(=O)C(C)(CSCc1ccccc1)SCc1ccccc1)C(=O)c1nc2ccccc2o1. The van der Waals surface area contributed by atoms with Gasteiger partial charge in [-0.15, -0.1) is 11.8 Å². The molecule has 0 fully saturated rings. The number of hydrogen-bond acceptors (Lipinski definition) is 6. The number of carbonyl (C=O) groups is 2. The molecule has 1 unspecified atom stereocenters. The molecule has 1 heterocycles. The first-order valence-electron chi connectivity index (χ1n) is 12.5. The van der Waals surface area contributed by atoms with Crippen LogP contribution in [0, 0.1) is 0 Å². The largest absolute Gasteiger partial charge is 0.434 e. The number of thioether (sulfide) groups is 2. The quantitative estimate of drug-likeness (QED) is 0.188. The van der Waals surface area contributed by atoms with Crippen LogP contribution < -0.4 is 5.32 Å². The lowest BCUT2D eigenvalue weighted by Gasteiger charge is -2.29. The molecule has 0 aliphatic rings. The molecule has 192 valence electrons. The highest BCUT2D eigenvalue weighted by Gasteiger charge is 2.37. The highest BCUT2D eigenvalue weighted by Crippen LogP contribution is 2.34. The molecule has 0 saturated carbocycles. The summed E-state index contributed by atoms with van der Waals surface area (Å²) >= 11 is 3.34. The molecule has 4 aromatic rings. The van der Waals surface area contributed by atoms with Crippen LogP contribution in [0.4, 0.5) is 0 Å². The van der Waals surface area contributed by atoms with Crippen LogP contribution in [-0.2, 0) is 16.3 Å². The van der Waals surface area contributed by atoms with Gasteiger partial charge in [0.15, 0.2) is 5.58 Å². The van der Waals surface area contributed by atoms with Gasteiger partial charge >= 0.3 is 0 Å². The number of carbonyl (C=O) groups excluding carboxylic acids is 2. The Morgan fingerprint density at radius 2 is 1.54 bits per heavy atom. The highest BCUT2D eigenvalue weighted by atomic mass is 32.2. The molecule has 1 amide bonds. The Balaban J connectivity index is 1.49. The summed E-state index contributed by atoms with van der Waals surface area (Å²) in [6, 6.07) is 27.0. The summed E-state index contributed by atoms with van der Waals surface area (Å²) in [4.78, 5) is 31.5. The Morgan fingerprint density at radius 3 is 2.19 bits per heavy atom. The van der Waals surface area contributed by atoms with Crippen molar-refractivity contribution in [2.45, 2.75) is 49.0 Å². The van der Waals surface area contributed by atoms with E-state index in [-0.39, 0.29) is 17.6 Å². The zero-order chi connectivity index (χ0) is 26.1. The first kappa shape index (κ1) is 27.0. The summed E-state index contributed by atoms with van der Waals surface area (Å²) in [5.41, 5.74) is 3.58. The normalized spacial score (nSPS) is 13.7. The number of nitrogens with zero attached hydrogens (tertiary/aromatic N) is 1. The third kappa shape index (κ3) is 7.27. The number of amides is 1. The zero-order valence-electron chi connectivity index (χ0n) is 21.2. The number of nitrogens with one attached hydrogen (secondary N) is 1. The van der Waals surface area contributed by atoms with E-state index >= 15 is 0 Å². The van der Waals surface area contributed by atoms with E-state index in [0.717, 1.165) is 17.7 Å². The van der Waals surface area contributed by atoms with Crippen LogP contribution in [0.3, 0.4) is 0 Å². The smallest absolute Gasteiger partial charge is 0.266 e. The van der Waals surface area contributed by atoms with Gasteiger partial charge in [0.05, 0.1) is 6.04 Å². The fourth-order valence-electron chi connectivity index (χ4n) is 3.92. The molecule has 4 rings (SSSR count). The average Bonchev–Trinajstić information content (AvgIpc) is 3.37. The fraction of sp³-hybridized carbons (Fsp3) is 0.300. The Morgan fingerprint density at radius 1 is 0.919 bits per heavy atom. The summed E-state index contributed by atoms with van der Waals surface area (Å²) in [6.07, 6.45) is 1.26. The molecule has 1 N–H and O–H groups in total. The third-order valence-electron chi connectivity index (χ3n) is 6.07. The number of ketones is 1. The predicted octanol–water partition coefficient (Wildman–Crippen LogP) is 6.92. The average molecular weight is 533 g/mol. The molecular weight excluding hydrogens is 500 g/mol. The molecule has 7 heteroatoms. The van der Waals surface area contributed by atoms with Crippen LogP contribution in [0.15, 0.2) is 89.3 Å². The number of Topliss-reactive ketones (excluding diaryl/α,β-unsaturated/α-hetero) is 1. The summed E-state index contributed by atoms with van der Waals surface area (Å²) in [6.45, 7) is 3.97. The maximum Gasteiger partial charge on any atom is 0.266 e. The number of para-hydroxylation sites is 2. The summed E-state index contributed by atoms with van der Waals surface area (Å²) in [5, 5.41) is 3.06. The van der Waals surface area contributed by atoms with Crippen LogP contribution in [-0.4, -0.2) is 33.2 Å². The van der Waals surface area contributed by atoms with Crippen LogP contribution in [0.5, 0.6) is 0 Å². The van der Waals surface area contributed by atoms with Crippen molar-refractivity contribution in [3.63, 3.8) is 0 Å². The summed E-state index contributed by atoms with van der Waals surface area (Å²) in [5.74, 6) is 1.73. The van der Waals surface area contributed by atoms with Gasteiger partial charge in [-0.2, -0.15) is 11.8 Å². The predicted molar refractivity (Wildman–Crippen MR) is 154 cm³/mol. The van der Waals surface area contributed by atoms with Gasteiger partial charge in [0, 0.05) is 17.3 Å². The lowest BCUT2D eigenvalue weighted by Crippen LogP contribution is -2.50. The first-order chi connectivity index (χ1) is 18.0. The lowest BCUT2D eigenvalue weighted by molar-refractivity contribution is -0.123. The van der Waals surface area contributed by atoms with E-state index in [1.54, 1.807) is 29.6 Å². The minimum Gasteiger partial charge on any atom is -0.434 e. The maximum atomic E-state index is 13.8. The van der Waals surface area contributed by atoms with Crippen molar-refractivity contribution in [2.75, 3.05) is 5.75 Å². The van der Waals surface area contributed by atoms with E-state index < -0.39 is 10.8 Å². The number of oxazole rings is 1. The molecule has 3 aromatic carbocycles. The second-order valence-corrected chi connectivity index (χ2v) is 11.6. The van der Waals surface area contributed by atoms with E-state index in [1.807, 2.05) is 68.4 Å². The molecule has 0 radical (unpaired) electrons. The van der Waals surface area contributed by atoms with Crippen molar-refractivity contribution >= 4 is 46.3 Å². The molecule has 0 aliphatic heterocycles. The fourth-order valence-corrected chi connectivity index (χ4v) is 6.42. The van der Waals surface area contributed by atoms with Crippen LogP contribution in [0.25, 0.3) is 11.1 Å². The highest BCUT2D eigenvalue weighted by molar-refractivity contribution is 8.03. The molecular formula is C30H32N2O3S2. The molecule has 0 saturated heterocycles. The molecule has 0 bridgehead atoms. The Kier molecular flexibility index (Phi) is 9.47. The topological polar surface area (TPSA) is 72.2 Å². The molecule has 37 heavy (non-hydrogen) atoms. The van der Waals surface area contributed by atoms with E-state index in [9.17, 15) is 9.59 Å². The van der Waals surface area contributed by atoms with Crippen molar-refractivity contribution in [1.82, 2.24) is 10.3 Å². The number of rotatable bonds is 13. The first-order valence-corrected chi connectivity index (χ1v) is 14.6. The standard InChI is InChI=1S/C30H32N2O3S2/c1-3-12-25(27(33)28-31-24-17-10-11-18-26(24)35-28)32-29(34)30(2,37-20-23-15-8-5-9-16-23)21-36-19-22-13-6-4-7-14-22/h4-11,13-18,25H,3,12,19-21H2,1-2H3,(H,32,34)/t25-,30?/m0/s1. The Bertz CT molecular complexity index is 1280. The van der Waals surface area contributed by atoms with Gasteiger partial charge in [-0.25, -0.2) is 4.98 Å². The van der Waals surface area contributed by atoms with E-state index in [0.29, 0.717) is 29.0 Å². The van der Waals surface area contributed by atoms with Crippen molar-refractivity contribution in [1.29, 1.82) is 0 Å². The lowest BCUT2D eigenvalue weighted by atomic mass is 10.1. The minimum atomic E-state index is -0.733. The molecule has 5 nitrogen and oxygen atoms in total. The van der Waals surface area contributed by atoms with Crippen LogP contribution in [0.1, 0.15) is 48.5 Å². The van der Waals surface area contributed by atoms with Crippen molar-refractivity contribution < 1.29 is 14.0 Å². The Labute approximate surface area is 226 Å². The molecule has 2 atom stereocenters. The van der Waals surface area contributed by atoms with Gasteiger partial charge in [-0.05, 0) is 36.6 Å². The van der Waals surface area contributed by atoms with Crippen molar-refractivity contribution in [3.05, 3.63) is 102 Å². The van der Waals surface area contributed by atoms with Gasteiger partial charge in [0.25, 0.3) is 5.89 Å². The number of fused-ring (bicyclic) bond motifs is 1.